The van der Waals surface area contributed by atoms with Crippen LogP contribution in [0.2, 0.25) is 0 Å². The lowest BCUT2D eigenvalue weighted by molar-refractivity contribution is 0.293. The van der Waals surface area contributed by atoms with Gasteiger partial charge in [-0.05, 0) is 27.7 Å². The first-order valence-corrected chi connectivity index (χ1v) is 7.27. The van der Waals surface area contributed by atoms with Gasteiger partial charge in [0.2, 0.25) is 0 Å². The van der Waals surface area contributed by atoms with Gasteiger partial charge < -0.3 is 0 Å². The van der Waals surface area contributed by atoms with Crippen molar-refractivity contribution in [1.82, 2.24) is 0 Å². The molecule has 0 radical (unpaired) electrons. The fourth-order valence-corrected chi connectivity index (χ4v) is 5.00. The molecule has 0 nitrogen and oxygen atoms in total. The molecule has 0 saturated carbocycles. The third-order valence-electron chi connectivity index (χ3n) is 2.29. The average Bonchev–Trinajstić information content (AvgIpc) is 2.04. The van der Waals surface area contributed by atoms with Gasteiger partial charge in [-0.1, -0.05) is 26.7 Å². The highest BCUT2D eigenvalue weighted by Gasteiger charge is 2.29. The summed E-state index contributed by atoms with van der Waals surface area (Å²) in [6, 6.07) is 0. The molecule has 1 rings (SSSR count). The van der Waals surface area contributed by atoms with Gasteiger partial charge in [0.25, 0.3) is 0 Å². The third-order valence-corrected chi connectivity index (χ3v) is 5.37. The zero-order valence-corrected chi connectivity index (χ0v) is 11.5. The van der Waals surface area contributed by atoms with Crippen molar-refractivity contribution < 1.29 is 0 Å². The van der Waals surface area contributed by atoms with E-state index in [9.17, 15) is 0 Å². The van der Waals surface area contributed by atoms with Gasteiger partial charge in [-0.2, -0.15) is 0 Å². The lowest BCUT2D eigenvalue weighted by Gasteiger charge is -2.34. The van der Waals surface area contributed by atoms with Gasteiger partial charge in [-0.15, -0.1) is 23.5 Å². The zero-order chi connectivity index (χ0) is 9.90. The first-order valence-electron chi connectivity index (χ1n) is 4.38. The molecule has 0 atom stereocenters. The molecule has 1 aliphatic rings. The topological polar surface area (TPSA) is 0 Å². The van der Waals surface area contributed by atoms with Crippen molar-refractivity contribution in [3.8, 4) is 10.8 Å². The second-order valence-corrected chi connectivity index (χ2v) is 7.27. The van der Waals surface area contributed by atoms with E-state index in [1.54, 1.807) is 0 Å². The minimum atomic E-state index is 0.451. The van der Waals surface area contributed by atoms with Crippen molar-refractivity contribution >= 4 is 39.5 Å². The second kappa shape index (κ2) is 5.00. The maximum Gasteiger partial charge on any atom is 0.112 e. The highest BCUT2D eigenvalue weighted by atomic mass is 79.9. The van der Waals surface area contributed by atoms with E-state index in [0.29, 0.717) is 10.00 Å². The molecule has 0 N–H and O–H groups in total. The quantitative estimate of drug-likeness (QED) is 0.618. The molecule has 3 heteroatoms. The number of hydrogen-bond donors (Lipinski definition) is 0. The molecule has 0 amide bonds. The summed E-state index contributed by atoms with van der Waals surface area (Å²) in [4.78, 5) is 2.81. The van der Waals surface area contributed by atoms with Crippen molar-refractivity contribution in [3.63, 3.8) is 0 Å². The number of halogens is 1. The van der Waals surface area contributed by atoms with Crippen LogP contribution in [0.4, 0.5) is 0 Å². The van der Waals surface area contributed by atoms with Gasteiger partial charge in [0.15, 0.2) is 0 Å². The first-order chi connectivity index (χ1) is 6.04. The Kier molecular flexibility index (Phi) is 4.54. The Morgan fingerprint density at radius 1 is 1.23 bits per heavy atom. The normalized spacial score (nSPS) is 29.2. The third kappa shape index (κ3) is 3.77. The molecule has 13 heavy (non-hydrogen) atoms. The van der Waals surface area contributed by atoms with Crippen molar-refractivity contribution in [3.05, 3.63) is 0 Å². The Balaban J connectivity index is 2.42. The second-order valence-electron chi connectivity index (χ2n) is 4.30. The Bertz CT molecular complexity index is 213. The van der Waals surface area contributed by atoms with Gasteiger partial charge in [0.1, 0.15) is 4.58 Å². The van der Waals surface area contributed by atoms with Crippen LogP contribution in [-0.2, 0) is 0 Å². The summed E-state index contributed by atoms with van der Waals surface area (Å²) in [7, 11) is 0. The van der Waals surface area contributed by atoms with Crippen LogP contribution in [0, 0.1) is 22.1 Å². The minimum Gasteiger partial charge on any atom is -0.134 e. The molecule has 0 aromatic carbocycles. The summed E-state index contributed by atoms with van der Waals surface area (Å²) in [5.41, 5.74) is 0.451. The van der Waals surface area contributed by atoms with E-state index >= 15 is 0 Å². The van der Waals surface area contributed by atoms with Crippen LogP contribution in [0.1, 0.15) is 20.8 Å². The highest BCUT2D eigenvalue weighted by Crippen LogP contribution is 2.40. The summed E-state index contributed by atoms with van der Waals surface area (Å²) in [6.07, 6.45) is 0. The minimum absolute atomic E-state index is 0.451. The van der Waals surface area contributed by atoms with E-state index in [2.05, 4.69) is 47.5 Å². The van der Waals surface area contributed by atoms with Crippen LogP contribution in [-0.4, -0.2) is 16.1 Å². The molecule has 1 saturated heterocycles. The average molecular weight is 279 g/mol. The molecule has 0 spiro atoms. The lowest BCUT2D eigenvalue weighted by Crippen LogP contribution is -2.29. The highest BCUT2D eigenvalue weighted by molar-refractivity contribution is 9.12. The molecule has 74 valence electrons. The zero-order valence-electron chi connectivity index (χ0n) is 8.26. The molecule has 1 fully saturated rings. The van der Waals surface area contributed by atoms with E-state index in [-0.39, 0.29) is 0 Å². The lowest BCUT2D eigenvalue weighted by atomic mass is 9.83. The molecular formula is C10H15BrS2. The fraction of sp³-hybridized carbons (Fsp3) is 0.800. The van der Waals surface area contributed by atoms with Crippen LogP contribution >= 0.6 is 39.5 Å². The SMILES string of the molecule is CC(C)(C)[C@H]1CS[C@H](C#CBr)SC1. The predicted molar refractivity (Wildman–Crippen MR) is 68.4 cm³/mol. The van der Waals surface area contributed by atoms with Crippen LogP contribution < -0.4 is 0 Å². The molecule has 1 aliphatic heterocycles. The maximum absolute atomic E-state index is 3.15. The number of thioether (sulfide) groups is 2. The van der Waals surface area contributed by atoms with Gasteiger partial charge in [-0.3, -0.25) is 0 Å². The van der Waals surface area contributed by atoms with E-state index in [1.165, 1.54) is 11.5 Å². The Labute approximate surface area is 98.1 Å². The molecule has 0 unspecified atom stereocenters. The van der Waals surface area contributed by atoms with Crippen molar-refractivity contribution in [2.45, 2.75) is 25.4 Å². The molecule has 1 heterocycles. The van der Waals surface area contributed by atoms with E-state index < -0.39 is 0 Å². The van der Waals surface area contributed by atoms with Crippen molar-refractivity contribution in [2.75, 3.05) is 11.5 Å². The van der Waals surface area contributed by atoms with E-state index in [4.69, 9.17) is 0 Å². The maximum atomic E-state index is 3.15. The Morgan fingerprint density at radius 2 is 1.77 bits per heavy atom. The van der Waals surface area contributed by atoms with Gasteiger partial charge in [-0.25, -0.2) is 0 Å². The standard InChI is InChI=1S/C10H15BrS2/c1-10(2,3)8-6-12-9(4-5-11)13-7-8/h8-9H,6-7H2,1-3H3/t8-,9-. The van der Waals surface area contributed by atoms with Crippen molar-refractivity contribution in [1.29, 1.82) is 0 Å². The fourth-order valence-electron chi connectivity index (χ4n) is 1.13. The molecule has 0 aromatic heterocycles. The van der Waals surface area contributed by atoms with Crippen LogP contribution in [0.25, 0.3) is 0 Å². The first kappa shape index (κ1) is 11.8. The van der Waals surface area contributed by atoms with E-state index in [1.807, 2.05) is 23.5 Å². The summed E-state index contributed by atoms with van der Waals surface area (Å²) < 4.78 is 0.484. The smallest absolute Gasteiger partial charge is 0.112 e. The molecule has 0 aliphatic carbocycles. The van der Waals surface area contributed by atoms with Crippen LogP contribution in [0.5, 0.6) is 0 Å². The summed E-state index contributed by atoms with van der Waals surface area (Å²) in [5, 5.41) is 0. The van der Waals surface area contributed by atoms with Crippen LogP contribution in [0.15, 0.2) is 0 Å². The monoisotopic (exact) mass is 278 g/mol. The Hall–Kier alpha value is 0.740. The Morgan fingerprint density at radius 3 is 2.15 bits per heavy atom. The molecule has 0 aromatic rings. The van der Waals surface area contributed by atoms with E-state index in [0.717, 1.165) is 5.92 Å². The van der Waals surface area contributed by atoms with Gasteiger partial charge >= 0.3 is 0 Å². The van der Waals surface area contributed by atoms with Crippen LogP contribution in [0.3, 0.4) is 0 Å². The number of rotatable bonds is 0. The summed E-state index contributed by atoms with van der Waals surface area (Å²) in [6.45, 7) is 6.99. The molecular weight excluding hydrogens is 264 g/mol. The van der Waals surface area contributed by atoms with Crippen molar-refractivity contribution in [2.24, 2.45) is 11.3 Å². The van der Waals surface area contributed by atoms with Gasteiger partial charge in [0, 0.05) is 15.9 Å². The number of hydrogen-bond acceptors (Lipinski definition) is 2. The van der Waals surface area contributed by atoms with Gasteiger partial charge in [0.05, 0.1) is 0 Å². The summed E-state index contributed by atoms with van der Waals surface area (Å²) in [5.74, 6) is 6.48. The largest absolute Gasteiger partial charge is 0.134 e. The summed E-state index contributed by atoms with van der Waals surface area (Å²) >= 11 is 7.12. The predicted octanol–water partition coefficient (Wildman–Crippen LogP) is 3.81. The molecule has 0 bridgehead atoms.